The molecule has 31 heavy (non-hydrogen) atoms. The molecular weight excluding hydrogens is 388 g/mol. The second kappa shape index (κ2) is 10.2. The molecule has 160 valence electrons. The number of benzene rings is 2. The number of piperidine rings is 1. The van der Waals surface area contributed by atoms with Gasteiger partial charge in [0.15, 0.2) is 5.78 Å². The maximum Gasteiger partial charge on any atom is 0.171 e. The van der Waals surface area contributed by atoms with Gasteiger partial charge in [-0.1, -0.05) is 36.4 Å². The number of aromatic nitrogens is 1. The molecule has 2 aromatic carbocycles. The van der Waals surface area contributed by atoms with Gasteiger partial charge in [-0.3, -0.25) is 9.78 Å². The van der Waals surface area contributed by atoms with E-state index in [1.54, 1.807) is 12.4 Å². The average Bonchev–Trinajstić information content (AvgIpc) is 2.81. The number of hydrogen-bond acceptors (Lipinski definition) is 5. The molecular formula is C26H28N2O3. The fourth-order valence-corrected chi connectivity index (χ4v) is 3.74. The van der Waals surface area contributed by atoms with E-state index >= 15 is 0 Å². The van der Waals surface area contributed by atoms with E-state index in [9.17, 15) is 4.79 Å². The van der Waals surface area contributed by atoms with E-state index in [0.717, 1.165) is 42.8 Å². The van der Waals surface area contributed by atoms with Crippen LogP contribution in [-0.2, 0) is 13.0 Å². The summed E-state index contributed by atoms with van der Waals surface area (Å²) in [6.45, 7) is 2.45. The van der Waals surface area contributed by atoms with E-state index in [2.05, 4.69) is 16.9 Å². The molecule has 1 aliphatic heterocycles. The van der Waals surface area contributed by atoms with Gasteiger partial charge in [0, 0.05) is 31.9 Å². The fourth-order valence-electron chi connectivity index (χ4n) is 3.74. The molecule has 0 N–H and O–H groups in total. The third-order valence-corrected chi connectivity index (χ3v) is 5.54. The summed E-state index contributed by atoms with van der Waals surface area (Å²) >= 11 is 0. The molecule has 0 amide bonds. The monoisotopic (exact) mass is 416 g/mol. The Hall–Kier alpha value is -3.18. The second-order valence-corrected chi connectivity index (χ2v) is 8.01. The van der Waals surface area contributed by atoms with Crippen LogP contribution in [0.3, 0.4) is 0 Å². The average molecular weight is 417 g/mol. The number of likely N-dealkylation sites (tertiary alicyclic amines) is 1. The van der Waals surface area contributed by atoms with E-state index in [1.165, 1.54) is 0 Å². The lowest BCUT2D eigenvalue weighted by Crippen LogP contribution is -2.35. The highest BCUT2D eigenvalue weighted by atomic mass is 16.5. The van der Waals surface area contributed by atoms with Gasteiger partial charge >= 0.3 is 0 Å². The fraction of sp³-hybridized carbons (Fsp3) is 0.308. The molecule has 0 bridgehead atoms. The summed E-state index contributed by atoms with van der Waals surface area (Å²) in [5, 5.41) is 0. The van der Waals surface area contributed by atoms with Crippen molar-refractivity contribution in [3.8, 4) is 11.5 Å². The van der Waals surface area contributed by atoms with Crippen molar-refractivity contribution < 1.29 is 14.3 Å². The van der Waals surface area contributed by atoms with E-state index in [4.69, 9.17) is 9.47 Å². The lowest BCUT2D eigenvalue weighted by Gasteiger charge is -2.29. The van der Waals surface area contributed by atoms with E-state index in [-0.39, 0.29) is 18.3 Å². The standard InChI is InChI=1S/C26H28N2O3/c1-28-14-11-22(12-15-28)31-23-9-10-26(30-19-20-6-3-2-4-7-20)24(17-23)25(29)16-21-8-5-13-27-18-21/h2-10,13,17-18,22H,11-12,14-16,19H2,1H3. The third kappa shape index (κ3) is 5.92. The molecule has 0 saturated carbocycles. The molecule has 0 aliphatic carbocycles. The molecule has 0 unspecified atom stereocenters. The number of carbonyl (C=O) groups excluding carboxylic acids is 1. The van der Waals surface area contributed by atoms with Gasteiger partial charge in [-0.2, -0.15) is 0 Å². The zero-order valence-electron chi connectivity index (χ0n) is 17.9. The highest BCUT2D eigenvalue weighted by Crippen LogP contribution is 2.28. The minimum absolute atomic E-state index is 0.00936. The van der Waals surface area contributed by atoms with Crippen LogP contribution in [0.5, 0.6) is 11.5 Å². The van der Waals surface area contributed by atoms with Gasteiger partial charge in [0.25, 0.3) is 0 Å². The molecule has 1 aromatic heterocycles. The summed E-state index contributed by atoms with van der Waals surface area (Å²) in [4.78, 5) is 19.6. The van der Waals surface area contributed by atoms with Gasteiger partial charge in [0.2, 0.25) is 0 Å². The van der Waals surface area contributed by atoms with Crippen molar-refractivity contribution in [2.75, 3.05) is 20.1 Å². The van der Waals surface area contributed by atoms with Crippen molar-refractivity contribution >= 4 is 5.78 Å². The second-order valence-electron chi connectivity index (χ2n) is 8.01. The molecule has 0 atom stereocenters. The third-order valence-electron chi connectivity index (χ3n) is 5.54. The van der Waals surface area contributed by atoms with Crippen LogP contribution in [0.25, 0.3) is 0 Å². The van der Waals surface area contributed by atoms with Crippen molar-refractivity contribution in [1.82, 2.24) is 9.88 Å². The molecule has 5 heteroatoms. The van der Waals surface area contributed by atoms with E-state index < -0.39 is 0 Å². The number of rotatable bonds is 8. The first-order chi connectivity index (χ1) is 15.2. The minimum Gasteiger partial charge on any atom is -0.490 e. The van der Waals surface area contributed by atoms with Gasteiger partial charge < -0.3 is 14.4 Å². The largest absolute Gasteiger partial charge is 0.490 e. The van der Waals surface area contributed by atoms with Gasteiger partial charge in [-0.05, 0) is 55.3 Å². The van der Waals surface area contributed by atoms with Crippen LogP contribution in [0.2, 0.25) is 0 Å². The summed E-state index contributed by atoms with van der Waals surface area (Å²) in [5.74, 6) is 1.29. The van der Waals surface area contributed by atoms with Crippen molar-refractivity contribution in [2.45, 2.75) is 32.0 Å². The van der Waals surface area contributed by atoms with Crippen LogP contribution < -0.4 is 9.47 Å². The summed E-state index contributed by atoms with van der Waals surface area (Å²) < 4.78 is 12.3. The maximum atomic E-state index is 13.2. The number of pyridine rings is 1. The lowest BCUT2D eigenvalue weighted by atomic mass is 10.0. The van der Waals surface area contributed by atoms with Gasteiger partial charge in [0.1, 0.15) is 24.2 Å². The predicted molar refractivity (Wildman–Crippen MR) is 121 cm³/mol. The zero-order valence-corrected chi connectivity index (χ0v) is 17.9. The Morgan fingerprint density at radius 3 is 2.55 bits per heavy atom. The van der Waals surface area contributed by atoms with Crippen LogP contribution in [0.15, 0.2) is 73.1 Å². The number of hydrogen-bond donors (Lipinski definition) is 0. The molecule has 4 rings (SSSR count). The van der Waals surface area contributed by atoms with Crippen molar-refractivity contribution in [3.05, 3.63) is 89.7 Å². The molecule has 0 spiro atoms. The number of ether oxygens (including phenoxy) is 2. The maximum absolute atomic E-state index is 13.2. The molecule has 0 radical (unpaired) electrons. The topological polar surface area (TPSA) is 51.7 Å². The Morgan fingerprint density at radius 2 is 1.81 bits per heavy atom. The Morgan fingerprint density at radius 1 is 1.03 bits per heavy atom. The molecule has 5 nitrogen and oxygen atoms in total. The molecule has 2 heterocycles. The van der Waals surface area contributed by atoms with E-state index in [1.807, 2.05) is 60.7 Å². The molecule has 3 aromatic rings. The summed E-state index contributed by atoms with van der Waals surface area (Å²) in [6, 6.07) is 19.3. The molecule has 1 saturated heterocycles. The first kappa shape index (κ1) is 21.1. The smallest absolute Gasteiger partial charge is 0.171 e. The predicted octanol–water partition coefficient (Wildman–Crippen LogP) is 4.56. The highest BCUT2D eigenvalue weighted by molar-refractivity contribution is 6.00. The first-order valence-corrected chi connectivity index (χ1v) is 10.8. The number of Topliss-reactive ketones (excluding diaryl/α,β-unsaturated/α-hetero) is 1. The van der Waals surface area contributed by atoms with Crippen molar-refractivity contribution in [2.24, 2.45) is 0 Å². The van der Waals surface area contributed by atoms with Gasteiger partial charge in [-0.15, -0.1) is 0 Å². The lowest BCUT2D eigenvalue weighted by molar-refractivity contribution is 0.0984. The van der Waals surface area contributed by atoms with Crippen LogP contribution >= 0.6 is 0 Å². The Balaban J connectivity index is 1.53. The highest BCUT2D eigenvalue weighted by Gasteiger charge is 2.20. The Kier molecular flexibility index (Phi) is 6.95. The quantitative estimate of drug-likeness (QED) is 0.504. The SMILES string of the molecule is CN1CCC(Oc2ccc(OCc3ccccc3)c(C(=O)Cc3cccnc3)c2)CC1. The van der Waals surface area contributed by atoms with Crippen LogP contribution in [0.4, 0.5) is 0 Å². The van der Waals surface area contributed by atoms with Gasteiger partial charge in [0.05, 0.1) is 5.56 Å². The Bertz CT molecular complexity index is 984. The Labute approximate surface area is 183 Å². The summed E-state index contributed by atoms with van der Waals surface area (Å²) in [6.07, 6.45) is 5.85. The van der Waals surface area contributed by atoms with E-state index in [0.29, 0.717) is 17.9 Å². The van der Waals surface area contributed by atoms with Crippen LogP contribution in [-0.4, -0.2) is 41.9 Å². The zero-order chi connectivity index (χ0) is 21.5. The normalized spacial score (nSPS) is 14.9. The molecule has 1 fully saturated rings. The first-order valence-electron chi connectivity index (χ1n) is 10.8. The number of nitrogens with zero attached hydrogens (tertiary/aromatic N) is 2. The summed E-state index contributed by atoms with van der Waals surface area (Å²) in [7, 11) is 2.13. The number of ketones is 1. The van der Waals surface area contributed by atoms with Crippen molar-refractivity contribution in [3.63, 3.8) is 0 Å². The molecule has 1 aliphatic rings. The van der Waals surface area contributed by atoms with Crippen LogP contribution in [0.1, 0.15) is 34.3 Å². The minimum atomic E-state index is -0.00936. The van der Waals surface area contributed by atoms with Crippen LogP contribution in [0, 0.1) is 0 Å². The summed E-state index contributed by atoms with van der Waals surface area (Å²) in [5.41, 5.74) is 2.48. The van der Waals surface area contributed by atoms with Crippen molar-refractivity contribution in [1.29, 1.82) is 0 Å². The number of carbonyl (C=O) groups is 1. The van der Waals surface area contributed by atoms with Gasteiger partial charge in [-0.25, -0.2) is 0 Å².